The van der Waals surface area contributed by atoms with Crippen molar-refractivity contribution < 1.29 is 14.7 Å². The Labute approximate surface area is 56.7 Å². The van der Waals surface area contributed by atoms with E-state index in [9.17, 15) is 9.59 Å². The summed E-state index contributed by atoms with van der Waals surface area (Å²) in [6.07, 6.45) is -0.0367. The number of nitrogens with zero attached hydrogens (tertiary/aromatic N) is 1. The van der Waals surface area contributed by atoms with Gasteiger partial charge in [-0.25, -0.2) is 5.43 Å². The topological polar surface area (TPSA) is 78.8 Å². The average Bonchev–Trinajstić information content (AvgIpc) is 2.13. The highest BCUT2D eigenvalue weighted by Gasteiger charge is 2.16. The van der Waals surface area contributed by atoms with Crippen molar-refractivity contribution in [3.63, 3.8) is 0 Å². The molecule has 0 fully saturated rings. The van der Waals surface area contributed by atoms with Gasteiger partial charge in [0.1, 0.15) is 0 Å². The van der Waals surface area contributed by atoms with Gasteiger partial charge in [0.05, 0.1) is 18.6 Å². The van der Waals surface area contributed by atoms with Gasteiger partial charge < -0.3 is 5.11 Å². The number of aliphatic carboxylic acids is 1. The van der Waals surface area contributed by atoms with Crippen molar-refractivity contribution in [2.75, 3.05) is 0 Å². The molecule has 0 atom stereocenters. The predicted octanol–water partition coefficient (Wildman–Crippen LogP) is -0.663. The van der Waals surface area contributed by atoms with Crippen molar-refractivity contribution in [2.45, 2.75) is 12.8 Å². The summed E-state index contributed by atoms with van der Waals surface area (Å²) in [7, 11) is 0. The van der Waals surface area contributed by atoms with Gasteiger partial charge in [0.2, 0.25) is 5.91 Å². The first-order chi connectivity index (χ1) is 4.68. The van der Waals surface area contributed by atoms with Gasteiger partial charge in [0.25, 0.3) is 0 Å². The molecular weight excluding hydrogens is 136 g/mol. The molecule has 5 heteroatoms. The second-order valence-corrected chi connectivity index (χ2v) is 1.96. The molecule has 5 nitrogen and oxygen atoms in total. The fourth-order valence-electron chi connectivity index (χ4n) is 0.682. The van der Waals surface area contributed by atoms with Gasteiger partial charge in [-0.1, -0.05) is 0 Å². The largest absolute Gasteiger partial charge is 0.481 e. The van der Waals surface area contributed by atoms with Gasteiger partial charge in [-0.2, -0.15) is 5.10 Å². The Morgan fingerprint density at radius 2 is 2.50 bits per heavy atom. The van der Waals surface area contributed by atoms with E-state index in [2.05, 4.69) is 10.5 Å². The van der Waals surface area contributed by atoms with E-state index in [1.54, 1.807) is 0 Å². The lowest BCUT2D eigenvalue weighted by atomic mass is 10.2. The third-order valence-corrected chi connectivity index (χ3v) is 1.06. The smallest absolute Gasteiger partial charge is 0.309 e. The molecule has 0 aliphatic carbocycles. The van der Waals surface area contributed by atoms with Gasteiger partial charge in [-0.3, -0.25) is 9.59 Å². The van der Waals surface area contributed by atoms with E-state index in [-0.39, 0.29) is 18.7 Å². The second-order valence-electron chi connectivity index (χ2n) is 1.96. The molecule has 0 saturated heterocycles. The van der Waals surface area contributed by atoms with Crippen LogP contribution in [0, 0.1) is 0 Å². The molecule has 0 spiro atoms. The van der Waals surface area contributed by atoms with Crippen LogP contribution in [0.4, 0.5) is 0 Å². The van der Waals surface area contributed by atoms with Gasteiger partial charge in [-0.05, 0) is 0 Å². The molecular formula is C5H6N2O3. The molecule has 1 rings (SSSR count). The van der Waals surface area contributed by atoms with Crippen molar-refractivity contribution >= 4 is 17.6 Å². The Morgan fingerprint density at radius 3 is 2.90 bits per heavy atom. The number of hydrogen-bond donors (Lipinski definition) is 2. The van der Waals surface area contributed by atoms with Crippen LogP contribution in [0.15, 0.2) is 5.10 Å². The molecule has 0 radical (unpaired) electrons. The summed E-state index contributed by atoms with van der Waals surface area (Å²) in [5, 5.41) is 11.7. The standard InChI is InChI=1S/C5H6N2O3/c8-4-1-3(6-7-4)2-5(9)10/h1-2H2,(H,7,8)(H,9,10). The number of nitrogens with one attached hydrogen (secondary N) is 1. The highest BCUT2D eigenvalue weighted by Crippen LogP contribution is 1.98. The Bertz CT molecular complexity index is 209. The lowest BCUT2D eigenvalue weighted by Gasteiger charge is -1.87. The van der Waals surface area contributed by atoms with Crippen LogP contribution in [-0.4, -0.2) is 22.7 Å². The van der Waals surface area contributed by atoms with E-state index >= 15 is 0 Å². The van der Waals surface area contributed by atoms with E-state index in [0.29, 0.717) is 5.71 Å². The zero-order valence-corrected chi connectivity index (χ0v) is 5.13. The minimum absolute atomic E-state index is 0.117. The number of hydrazone groups is 1. The molecule has 10 heavy (non-hydrogen) atoms. The van der Waals surface area contributed by atoms with Crippen molar-refractivity contribution in [1.29, 1.82) is 0 Å². The lowest BCUT2D eigenvalue weighted by Crippen LogP contribution is -2.09. The summed E-state index contributed by atoms with van der Waals surface area (Å²) in [5.74, 6) is -1.20. The van der Waals surface area contributed by atoms with E-state index in [4.69, 9.17) is 5.11 Å². The monoisotopic (exact) mass is 142 g/mol. The summed E-state index contributed by atoms with van der Waals surface area (Å²) in [6.45, 7) is 0. The second kappa shape index (κ2) is 2.47. The van der Waals surface area contributed by atoms with Crippen LogP contribution < -0.4 is 5.43 Å². The van der Waals surface area contributed by atoms with Crippen molar-refractivity contribution in [3.8, 4) is 0 Å². The molecule has 0 unspecified atom stereocenters. The Balaban J connectivity index is 2.44. The normalized spacial score (nSPS) is 16.4. The summed E-state index contributed by atoms with van der Waals surface area (Å²) in [6, 6.07) is 0. The Morgan fingerprint density at radius 1 is 1.80 bits per heavy atom. The summed E-state index contributed by atoms with van der Waals surface area (Å²) in [4.78, 5) is 20.5. The molecule has 54 valence electrons. The molecule has 1 aliphatic heterocycles. The number of hydrogen-bond acceptors (Lipinski definition) is 3. The first kappa shape index (κ1) is 6.73. The maximum Gasteiger partial charge on any atom is 0.309 e. The molecule has 2 N–H and O–H groups in total. The molecule has 0 aromatic rings. The van der Waals surface area contributed by atoms with E-state index in [1.165, 1.54) is 0 Å². The maximum atomic E-state index is 10.4. The number of carbonyl (C=O) groups is 2. The van der Waals surface area contributed by atoms with Gasteiger partial charge in [0.15, 0.2) is 0 Å². The lowest BCUT2D eigenvalue weighted by molar-refractivity contribution is -0.135. The highest BCUT2D eigenvalue weighted by atomic mass is 16.4. The third kappa shape index (κ3) is 1.54. The molecule has 1 amide bonds. The van der Waals surface area contributed by atoms with Crippen LogP contribution in [0.5, 0.6) is 0 Å². The third-order valence-electron chi connectivity index (χ3n) is 1.06. The van der Waals surface area contributed by atoms with E-state index in [0.717, 1.165) is 0 Å². The zero-order valence-electron chi connectivity index (χ0n) is 5.13. The van der Waals surface area contributed by atoms with Crippen LogP contribution in [-0.2, 0) is 9.59 Å². The number of carbonyl (C=O) groups excluding carboxylic acids is 1. The van der Waals surface area contributed by atoms with Gasteiger partial charge in [0, 0.05) is 0 Å². The number of carboxylic acid groups (broad SMARTS) is 1. The van der Waals surface area contributed by atoms with Crippen LogP contribution in [0.3, 0.4) is 0 Å². The Kier molecular flexibility index (Phi) is 1.66. The predicted molar refractivity (Wildman–Crippen MR) is 32.4 cm³/mol. The summed E-state index contributed by atoms with van der Waals surface area (Å²) in [5.41, 5.74) is 2.55. The molecule has 0 saturated carbocycles. The fraction of sp³-hybridized carbons (Fsp3) is 0.400. The highest BCUT2D eigenvalue weighted by molar-refractivity contribution is 6.10. The number of rotatable bonds is 2. The van der Waals surface area contributed by atoms with Gasteiger partial charge >= 0.3 is 5.97 Å². The van der Waals surface area contributed by atoms with Crippen LogP contribution in [0.1, 0.15) is 12.8 Å². The first-order valence-corrected chi connectivity index (χ1v) is 2.74. The average molecular weight is 142 g/mol. The number of amides is 1. The van der Waals surface area contributed by atoms with Crippen molar-refractivity contribution in [1.82, 2.24) is 5.43 Å². The fourth-order valence-corrected chi connectivity index (χ4v) is 0.682. The van der Waals surface area contributed by atoms with Crippen LogP contribution >= 0.6 is 0 Å². The first-order valence-electron chi connectivity index (χ1n) is 2.74. The van der Waals surface area contributed by atoms with E-state index < -0.39 is 5.97 Å². The van der Waals surface area contributed by atoms with Gasteiger partial charge in [-0.15, -0.1) is 0 Å². The SMILES string of the molecule is O=C(O)CC1=NNC(=O)C1. The molecule has 0 bridgehead atoms. The molecule has 0 aromatic heterocycles. The summed E-state index contributed by atoms with van der Waals surface area (Å²) >= 11 is 0. The maximum absolute atomic E-state index is 10.4. The molecule has 1 heterocycles. The minimum Gasteiger partial charge on any atom is -0.481 e. The van der Waals surface area contributed by atoms with Crippen molar-refractivity contribution in [2.24, 2.45) is 5.10 Å². The van der Waals surface area contributed by atoms with Crippen LogP contribution in [0.2, 0.25) is 0 Å². The van der Waals surface area contributed by atoms with E-state index in [1.807, 2.05) is 0 Å². The molecule has 1 aliphatic rings. The zero-order chi connectivity index (χ0) is 7.56. The van der Waals surface area contributed by atoms with Crippen molar-refractivity contribution in [3.05, 3.63) is 0 Å². The molecule has 0 aromatic carbocycles. The summed E-state index contributed by atoms with van der Waals surface area (Å²) < 4.78 is 0. The quantitative estimate of drug-likeness (QED) is 0.537. The number of carboxylic acids is 1. The minimum atomic E-state index is -0.963. The van der Waals surface area contributed by atoms with Crippen LogP contribution in [0.25, 0.3) is 0 Å². The Hall–Kier alpha value is -1.39.